The molecule has 2 N–H and O–H groups in total. The van der Waals surface area contributed by atoms with Crippen molar-refractivity contribution in [2.45, 2.75) is 44.9 Å². The fourth-order valence-electron chi connectivity index (χ4n) is 3.80. The molecule has 8 heteroatoms. The molecule has 0 saturated heterocycles. The van der Waals surface area contributed by atoms with E-state index in [0.29, 0.717) is 17.0 Å². The van der Waals surface area contributed by atoms with Gasteiger partial charge in [0.1, 0.15) is 5.82 Å². The van der Waals surface area contributed by atoms with Gasteiger partial charge in [0.15, 0.2) is 5.78 Å². The number of carboxylic acids is 1. The summed E-state index contributed by atoms with van der Waals surface area (Å²) < 4.78 is 2.06. The van der Waals surface area contributed by atoms with Gasteiger partial charge in [-0.05, 0) is 43.9 Å². The number of Topliss-reactive ketones (excluding diaryl/α,β-unsaturated/α-hetero) is 1. The summed E-state index contributed by atoms with van der Waals surface area (Å²) in [6, 6.07) is 5.58. The maximum absolute atomic E-state index is 13.0. The number of rotatable bonds is 12. The quantitative estimate of drug-likeness (QED) is 0.306. The Labute approximate surface area is 186 Å². The normalized spacial score (nSPS) is 11.0. The third-order valence-electron chi connectivity index (χ3n) is 5.32. The summed E-state index contributed by atoms with van der Waals surface area (Å²) in [5.74, 6) is -0.139. The van der Waals surface area contributed by atoms with Crippen molar-refractivity contribution in [2.75, 3.05) is 11.9 Å². The van der Waals surface area contributed by atoms with E-state index in [1.165, 1.54) is 0 Å². The molecule has 0 saturated carbocycles. The van der Waals surface area contributed by atoms with Crippen LogP contribution in [-0.2, 0) is 18.3 Å². The Morgan fingerprint density at radius 1 is 1.13 bits per heavy atom. The molecule has 0 atom stereocenters. The minimum Gasteiger partial charge on any atom is -0.481 e. The number of nitrogens with one attached hydrogen (secondary N) is 1. The summed E-state index contributed by atoms with van der Waals surface area (Å²) >= 11 is 6.20. The zero-order valence-corrected chi connectivity index (χ0v) is 18.4. The lowest BCUT2D eigenvalue weighted by molar-refractivity contribution is -0.137. The number of halogens is 1. The number of aromatic nitrogens is 3. The first-order valence-corrected chi connectivity index (χ1v) is 10.9. The molecular formula is C23H27ClN4O3. The van der Waals surface area contributed by atoms with Crippen molar-refractivity contribution in [3.8, 4) is 0 Å². The fraction of sp³-hybridized carbons (Fsp3) is 0.391. The van der Waals surface area contributed by atoms with Crippen molar-refractivity contribution >= 4 is 40.1 Å². The van der Waals surface area contributed by atoms with Gasteiger partial charge in [0.25, 0.3) is 0 Å². The van der Waals surface area contributed by atoms with Crippen molar-refractivity contribution in [2.24, 2.45) is 7.05 Å². The number of aryl methyl sites for hydroxylation is 1. The second kappa shape index (κ2) is 10.9. The van der Waals surface area contributed by atoms with Crippen LogP contribution in [0, 0.1) is 0 Å². The van der Waals surface area contributed by atoms with Crippen LogP contribution >= 0.6 is 11.6 Å². The SMILES string of the molecule is Cn1c(CCCCCNc2cnccn2)c(C(=O)CCCC(=O)O)c2cc(Cl)ccc21. The molecule has 1 aromatic carbocycles. The van der Waals surface area contributed by atoms with Crippen LogP contribution in [0.15, 0.2) is 36.8 Å². The molecule has 0 aliphatic rings. The first-order chi connectivity index (χ1) is 15.0. The Morgan fingerprint density at radius 2 is 1.97 bits per heavy atom. The second-order valence-corrected chi connectivity index (χ2v) is 7.98. The maximum Gasteiger partial charge on any atom is 0.303 e. The van der Waals surface area contributed by atoms with Gasteiger partial charge in [0, 0.05) is 66.0 Å². The number of fused-ring (bicyclic) bond motifs is 1. The van der Waals surface area contributed by atoms with Crippen LogP contribution in [-0.4, -0.2) is 37.9 Å². The summed E-state index contributed by atoms with van der Waals surface area (Å²) in [5.41, 5.74) is 2.63. The zero-order chi connectivity index (χ0) is 22.2. The van der Waals surface area contributed by atoms with E-state index >= 15 is 0 Å². The number of carbonyl (C=O) groups excluding carboxylic acids is 1. The van der Waals surface area contributed by atoms with E-state index in [2.05, 4.69) is 19.9 Å². The Bertz CT molecular complexity index is 1050. The van der Waals surface area contributed by atoms with Crippen LogP contribution in [0.2, 0.25) is 5.02 Å². The van der Waals surface area contributed by atoms with Gasteiger partial charge in [-0.1, -0.05) is 18.0 Å². The lowest BCUT2D eigenvalue weighted by atomic mass is 9.99. The molecule has 164 valence electrons. The van der Waals surface area contributed by atoms with Crippen molar-refractivity contribution < 1.29 is 14.7 Å². The minimum atomic E-state index is -0.885. The van der Waals surface area contributed by atoms with Crippen LogP contribution in [0.5, 0.6) is 0 Å². The van der Waals surface area contributed by atoms with Gasteiger partial charge < -0.3 is 15.0 Å². The first kappa shape index (κ1) is 22.7. The summed E-state index contributed by atoms with van der Waals surface area (Å²) in [4.78, 5) is 32.0. The summed E-state index contributed by atoms with van der Waals surface area (Å²) in [5, 5.41) is 13.6. The zero-order valence-electron chi connectivity index (χ0n) is 17.6. The smallest absolute Gasteiger partial charge is 0.303 e. The molecule has 3 aromatic rings. The molecule has 0 aliphatic heterocycles. The van der Waals surface area contributed by atoms with Gasteiger partial charge in [0.05, 0.1) is 6.20 Å². The second-order valence-electron chi connectivity index (χ2n) is 7.54. The van der Waals surface area contributed by atoms with Gasteiger partial charge in [0.2, 0.25) is 0 Å². The summed E-state index contributed by atoms with van der Waals surface area (Å²) in [6.45, 7) is 0.810. The molecule has 0 fully saturated rings. The van der Waals surface area contributed by atoms with Crippen molar-refractivity contribution in [1.29, 1.82) is 0 Å². The molecule has 0 radical (unpaired) electrons. The van der Waals surface area contributed by atoms with Crippen LogP contribution in [0.25, 0.3) is 10.9 Å². The third-order valence-corrected chi connectivity index (χ3v) is 5.55. The molecule has 0 spiro atoms. The van der Waals surface area contributed by atoms with Crippen molar-refractivity contribution in [3.63, 3.8) is 0 Å². The highest BCUT2D eigenvalue weighted by Gasteiger charge is 2.21. The number of benzene rings is 1. The number of hydrogen-bond acceptors (Lipinski definition) is 5. The largest absolute Gasteiger partial charge is 0.481 e. The predicted octanol–water partition coefficient (Wildman–Crippen LogP) is 4.88. The number of unbranched alkanes of at least 4 members (excludes halogenated alkanes) is 2. The molecule has 2 heterocycles. The summed E-state index contributed by atoms with van der Waals surface area (Å²) in [7, 11) is 1.97. The molecule has 0 amide bonds. The first-order valence-electron chi connectivity index (χ1n) is 10.5. The molecular weight excluding hydrogens is 416 g/mol. The number of aliphatic carboxylic acids is 1. The Balaban J connectivity index is 1.66. The highest BCUT2D eigenvalue weighted by molar-refractivity contribution is 6.31. The van der Waals surface area contributed by atoms with Gasteiger partial charge in [-0.25, -0.2) is 4.98 Å². The van der Waals surface area contributed by atoms with Crippen LogP contribution < -0.4 is 5.32 Å². The number of ketones is 1. The highest BCUT2D eigenvalue weighted by atomic mass is 35.5. The van der Waals surface area contributed by atoms with E-state index in [0.717, 1.165) is 54.6 Å². The topological polar surface area (TPSA) is 97.1 Å². The van der Waals surface area contributed by atoms with E-state index in [1.54, 1.807) is 18.6 Å². The Kier molecular flexibility index (Phi) is 8.00. The Morgan fingerprint density at radius 3 is 2.71 bits per heavy atom. The van der Waals surface area contributed by atoms with Gasteiger partial charge in [-0.2, -0.15) is 0 Å². The van der Waals surface area contributed by atoms with E-state index < -0.39 is 5.97 Å². The molecule has 0 aliphatic carbocycles. The number of carbonyl (C=O) groups is 2. The lowest BCUT2D eigenvalue weighted by Gasteiger charge is -2.08. The number of hydrogen-bond donors (Lipinski definition) is 2. The number of nitrogens with zero attached hydrogens (tertiary/aromatic N) is 3. The van der Waals surface area contributed by atoms with Crippen molar-refractivity contribution in [1.82, 2.24) is 14.5 Å². The van der Waals surface area contributed by atoms with Gasteiger partial charge >= 0.3 is 5.97 Å². The molecule has 7 nitrogen and oxygen atoms in total. The monoisotopic (exact) mass is 442 g/mol. The number of carboxylic acid groups (broad SMARTS) is 1. The van der Waals surface area contributed by atoms with Gasteiger partial charge in [-0.15, -0.1) is 0 Å². The number of anilines is 1. The van der Waals surface area contributed by atoms with E-state index in [-0.39, 0.29) is 18.6 Å². The molecule has 0 unspecified atom stereocenters. The average molecular weight is 443 g/mol. The molecule has 3 rings (SSSR count). The van der Waals surface area contributed by atoms with Crippen molar-refractivity contribution in [3.05, 3.63) is 53.1 Å². The molecule has 2 aromatic heterocycles. The van der Waals surface area contributed by atoms with Gasteiger partial charge in [-0.3, -0.25) is 14.6 Å². The molecule has 31 heavy (non-hydrogen) atoms. The van der Waals surface area contributed by atoms with Crippen LogP contribution in [0.1, 0.15) is 54.6 Å². The fourth-order valence-corrected chi connectivity index (χ4v) is 3.97. The average Bonchev–Trinajstić information content (AvgIpc) is 3.02. The highest BCUT2D eigenvalue weighted by Crippen LogP contribution is 2.30. The van der Waals surface area contributed by atoms with E-state index in [4.69, 9.17) is 16.7 Å². The van der Waals surface area contributed by atoms with E-state index in [9.17, 15) is 9.59 Å². The molecule has 0 bridgehead atoms. The standard InChI is InChI=1S/C23H27ClN4O3/c1-28-18-10-9-16(24)14-17(18)23(20(29)7-5-8-22(30)31)19(28)6-3-2-4-11-26-21-15-25-12-13-27-21/h9-10,12-15H,2-8,11H2,1H3,(H,26,27)(H,30,31). The van der Waals surface area contributed by atoms with Crippen LogP contribution in [0.4, 0.5) is 5.82 Å². The maximum atomic E-state index is 13.0. The summed E-state index contributed by atoms with van der Waals surface area (Å²) in [6.07, 6.45) is 9.23. The van der Waals surface area contributed by atoms with E-state index in [1.807, 2.05) is 25.2 Å². The third kappa shape index (κ3) is 6.04. The lowest BCUT2D eigenvalue weighted by Crippen LogP contribution is -2.07. The Hall–Kier alpha value is -2.93. The van der Waals surface area contributed by atoms with Crippen LogP contribution in [0.3, 0.4) is 0 Å². The predicted molar refractivity (Wildman–Crippen MR) is 122 cm³/mol. The minimum absolute atomic E-state index is 0.00854.